The van der Waals surface area contributed by atoms with E-state index in [-0.39, 0.29) is 34.6 Å². The number of nitrogens with one attached hydrogen (secondary N) is 3. The first kappa shape index (κ1) is 21.6. The fraction of sp³-hybridized carbons (Fsp3) is 0.190. The first-order valence-electron chi connectivity index (χ1n) is 9.81. The monoisotopic (exact) mass is 447 g/mol. The molecule has 0 aliphatic carbocycles. The Morgan fingerprint density at radius 1 is 1.25 bits per heavy atom. The lowest BCUT2D eigenvalue weighted by molar-refractivity contribution is 0.0945. The maximum atomic E-state index is 13.3. The summed E-state index contributed by atoms with van der Waals surface area (Å²) < 4.78 is 1.27. The van der Waals surface area contributed by atoms with E-state index >= 15 is 0 Å². The molecule has 3 aromatic heterocycles. The molecule has 2 radical (unpaired) electrons. The molecule has 0 spiro atoms. The number of carbonyl (C=O) groups is 2. The fourth-order valence-corrected chi connectivity index (χ4v) is 3.59. The molecule has 0 aliphatic rings. The van der Waals surface area contributed by atoms with Gasteiger partial charge >= 0.3 is 0 Å². The molecule has 11 heteroatoms. The smallest absolute Gasteiger partial charge is 0.274 e. The highest BCUT2D eigenvalue weighted by atomic mass is 35.5. The summed E-state index contributed by atoms with van der Waals surface area (Å²) >= 11 is 6.24. The number of pyridine rings is 1. The van der Waals surface area contributed by atoms with Crippen molar-refractivity contribution >= 4 is 53.4 Å². The molecule has 0 bridgehead atoms. The predicted octanol–water partition coefficient (Wildman–Crippen LogP) is 2.29. The SMILES string of the molecule is [B]c1cc(C(=O)Nc2c(C)cc3cn[nH]c3c2C(=O)NC(C)C)n(-c2ncccc2Cl)n1. The molecule has 3 heterocycles. The highest BCUT2D eigenvalue weighted by molar-refractivity contribution is 6.32. The van der Waals surface area contributed by atoms with Crippen LogP contribution in [0.2, 0.25) is 5.02 Å². The Hall–Kier alpha value is -3.66. The zero-order valence-corrected chi connectivity index (χ0v) is 18.4. The molecular weight excluding hydrogens is 429 g/mol. The lowest BCUT2D eigenvalue weighted by Gasteiger charge is -2.17. The zero-order valence-electron chi connectivity index (χ0n) is 17.6. The number of aromatic nitrogens is 5. The molecular formula is C21H19BClN7O2. The number of hydrogen-bond donors (Lipinski definition) is 3. The maximum Gasteiger partial charge on any atom is 0.274 e. The van der Waals surface area contributed by atoms with Crippen molar-refractivity contribution in [3.05, 3.63) is 58.5 Å². The van der Waals surface area contributed by atoms with Gasteiger partial charge in [-0.1, -0.05) is 11.6 Å². The van der Waals surface area contributed by atoms with E-state index in [4.69, 9.17) is 19.4 Å². The number of nitrogens with zero attached hydrogens (tertiary/aromatic N) is 4. The van der Waals surface area contributed by atoms with Crippen molar-refractivity contribution in [3.8, 4) is 5.82 Å². The van der Waals surface area contributed by atoms with Crippen LogP contribution in [-0.4, -0.2) is 50.7 Å². The molecule has 0 aliphatic heterocycles. The number of aromatic amines is 1. The van der Waals surface area contributed by atoms with Crippen LogP contribution in [-0.2, 0) is 0 Å². The van der Waals surface area contributed by atoms with Crippen LogP contribution >= 0.6 is 11.6 Å². The standard InChI is InChI=1S/C21H19BClN7O2/c1-10(2)26-21(32)16-17(11(3)7-12-9-25-28-18(12)16)27-20(31)14-8-15(22)29-30(14)19-13(23)5-4-6-24-19/h4-10H,1-3H3,(H,25,28)(H,26,32)(H,27,31). The first-order valence-corrected chi connectivity index (χ1v) is 10.2. The van der Waals surface area contributed by atoms with E-state index in [9.17, 15) is 9.59 Å². The Bertz CT molecular complexity index is 1350. The lowest BCUT2D eigenvalue weighted by atomic mass is 10.0. The number of carbonyl (C=O) groups excluding carboxylic acids is 2. The van der Waals surface area contributed by atoms with E-state index in [1.54, 1.807) is 25.3 Å². The third kappa shape index (κ3) is 3.96. The third-order valence-electron chi connectivity index (χ3n) is 4.72. The number of H-pyrrole nitrogens is 1. The minimum atomic E-state index is -0.531. The number of hydrogen-bond acceptors (Lipinski definition) is 5. The highest BCUT2D eigenvalue weighted by Gasteiger charge is 2.24. The van der Waals surface area contributed by atoms with Gasteiger partial charge < -0.3 is 10.6 Å². The van der Waals surface area contributed by atoms with Crippen LogP contribution in [0.3, 0.4) is 0 Å². The summed E-state index contributed by atoms with van der Waals surface area (Å²) in [5, 5.41) is 17.8. The van der Waals surface area contributed by atoms with E-state index in [2.05, 4.69) is 30.9 Å². The number of halogens is 1. The maximum absolute atomic E-state index is 13.3. The molecule has 32 heavy (non-hydrogen) atoms. The second-order valence-electron chi connectivity index (χ2n) is 7.54. The molecule has 9 nitrogen and oxygen atoms in total. The van der Waals surface area contributed by atoms with Gasteiger partial charge in [0, 0.05) is 23.2 Å². The van der Waals surface area contributed by atoms with Gasteiger partial charge in [-0.05, 0) is 50.6 Å². The van der Waals surface area contributed by atoms with E-state index in [0.717, 1.165) is 5.39 Å². The van der Waals surface area contributed by atoms with Gasteiger partial charge in [0.15, 0.2) is 5.82 Å². The Balaban J connectivity index is 1.80. The molecule has 0 saturated carbocycles. The summed E-state index contributed by atoms with van der Waals surface area (Å²) in [6.07, 6.45) is 3.16. The normalized spacial score (nSPS) is 11.2. The van der Waals surface area contributed by atoms with Crippen molar-refractivity contribution in [2.45, 2.75) is 26.8 Å². The number of fused-ring (bicyclic) bond motifs is 1. The van der Waals surface area contributed by atoms with Gasteiger partial charge in [-0.25, -0.2) is 9.67 Å². The first-order chi connectivity index (χ1) is 15.3. The van der Waals surface area contributed by atoms with Crippen molar-refractivity contribution in [1.29, 1.82) is 0 Å². The number of benzene rings is 1. The number of anilines is 1. The van der Waals surface area contributed by atoms with Gasteiger partial charge in [0.2, 0.25) is 0 Å². The Labute approximate surface area is 190 Å². The van der Waals surface area contributed by atoms with Crippen LogP contribution < -0.4 is 16.2 Å². The van der Waals surface area contributed by atoms with Gasteiger partial charge in [0.25, 0.3) is 11.8 Å². The van der Waals surface area contributed by atoms with Gasteiger partial charge in [-0.15, -0.1) is 0 Å². The van der Waals surface area contributed by atoms with Crippen molar-refractivity contribution < 1.29 is 9.59 Å². The molecule has 160 valence electrons. The summed E-state index contributed by atoms with van der Waals surface area (Å²) in [6, 6.07) is 6.45. The number of aryl methyl sites for hydroxylation is 1. The van der Waals surface area contributed by atoms with E-state index in [1.807, 2.05) is 19.9 Å². The van der Waals surface area contributed by atoms with Gasteiger partial charge in [-0.2, -0.15) is 10.2 Å². The van der Waals surface area contributed by atoms with Crippen LogP contribution in [0.15, 0.2) is 36.7 Å². The van der Waals surface area contributed by atoms with Crippen LogP contribution in [0.5, 0.6) is 0 Å². The third-order valence-corrected chi connectivity index (χ3v) is 5.02. The Morgan fingerprint density at radius 3 is 2.75 bits per heavy atom. The topological polar surface area (TPSA) is 118 Å². The average Bonchev–Trinajstić information content (AvgIpc) is 3.34. The Kier molecular flexibility index (Phi) is 5.71. The summed E-state index contributed by atoms with van der Waals surface area (Å²) in [6.45, 7) is 5.51. The zero-order chi connectivity index (χ0) is 23.0. The molecule has 0 fully saturated rings. The quantitative estimate of drug-likeness (QED) is 0.406. The lowest BCUT2D eigenvalue weighted by Crippen LogP contribution is -2.31. The molecule has 0 unspecified atom stereocenters. The van der Waals surface area contributed by atoms with E-state index in [1.165, 1.54) is 16.9 Å². The van der Waals surface area contributed by atoms with Crippen molar-refractivity contribution in [3.63, 3.8) is 0 Å². The van der Waals surface area contributed by atoms with Crippen molar-refractivity contribution in [2.24, 2.45) is 0 Å². The summed E-state index contributed by atoms with van der Waals surface area (Å²) in [5.74, 6) is -0.611. The largest absolute Gasteiger partial charge is 0.350 e. The summed E-state index contributed by atoms with van der Waals surface area (Å²) in [4.78, 5) is 30.5. The average molecular weight is 448 g/mol. The molecule has 4 aromatic rings. The van der Waals surface area contributed by atoms with Gasteiger partial charge in [0.05, 0.1) is 28.0 Å². The number of rotatable bonds is 5. The van der Waals surface area contributed by atoms with Crippen LogP contribution in [0.4, 0.5) is 5.69 Å². The molecule has 4 rings (SSSR count). The fourth-order valence-electron chi connectivity index (χ4n) is 3.39. The van der Waals surface area contributed by atoms with Gasteiger partial charge in [0.1, 0.15) is 13.5 Å². The predicted molar refractivity (Wildman–Crippen MR) is 123 cm³/mol. The molecule has 0 atom stereocenters. The van der Waals surface area contributed by atoms with Gasteiger partial charge in [-0.3, -0.25) is 14.7 Å². The molecule has 1 aromatic carbocycles. The van der Waals surface area contributed by atoms with Crippen molar-refractivity contribution in [1.82, 2.24) is 30.3 Å². The summed E-state index contributed by atoms with van der Waals surface area (Å²) in [5.41, 5.74) is 2.08. The minimum absolute atomic E-state index is 0.0999. The van der Waals surface area contributed by atoms with Crippen LogP contribution in [0.25, 0.3) is 16.7 Å². The van der Waals surface area contributed by atoms with Crippen LogP contribution in [0, 0.1) is 6.92 Å². The molecule has 3 N–H and O–H groups in total. The molecule has 2 amide bonds. The highest BCUT2D eigenvalue weighted by Crippen LogP contribution is 2.29. The minimum Gasteiger partial charge on any atom is -0.350 e. The Morgan fingerprint density at radius 2 is 2.03 bits per heavy atom. The summed E-state index contributed by atoms with van der Waals surface area (Å²) in [7, 11) is 5.86. The van der Waals surface area contributed by atoms with E-state index in [0.29, 0.717) is 21.8 Å². The second-order valence-corrected chi connectivity index (χ2v) is 7.94. The van der Waals surface area contributed by atoms with E-state index < -0.39 is 5.91 Å². The molecule has 0 saturated heterocycles. The van der Waals surface area contributed by atoms with Crippen LogP contribution in [0.1, 0.15) is 40.3 Å². The number of amides is 2. The van der Waals surface area contributed by atoms with Crippen molar-refractivity contribution in [2.75, 3.05) is 5.32 Å². The second kappa shape index (κ2) is 8.47.